The lowest BCUT2D eigenvalue weighted by atomic mass is 9.88. The van der Waals surface area contributed by atoms with E-state index in [1.54, 1.807) is 0 Å². The second kappa shape index (κ2) is 48.7. The average Bonchev–Trinajstić information content (AvgIpc) is 0.741. The number of aliphatic hydroxyl groups excluding tert-OH is 29. The molecule has 0 spiro atoms. The molecule has 50 atom stereocenters. The van der Waals surface area contributed by atoms with E-state index in [2.05, 4.69) is 26.6 Å². The van der Waals surface area contributed by atoms with Gasteiger partial charge in [-0.2, -0.15) is 0 Å². The lowest BCUT2D eigenvalue weighted by molar-refractivity contribution is -0.400. The molecule has 0 saturated carbocycles. The summed E-state index contributed by atoms with van der Waals surface area (Å²) in [5, 5.41) is 347. The molecule has 35 N–H and O–H groups in total. The molecule has 9 saturated heterocycles. The van der Waals surface area contributed by atoms with Crippen LogP contribution in [0.5, 0.6) is 0 Å². The molecular formula is C73H123N5O54. The summed E-state index contributed by atoms with van der Waals surface area (Å²) >= 11 is 0. The highest BCUT2D eigenvalue weighted by atomic mass is 16.8. The lowest BCUT2D eigenvalue weighted by Crippen LogP contribution is -2.71. The third kappa shape index (κ3) is 25.0. The Morgan fingerprint density at radius 2 is 0.689 bits per heavy atom. The minimum atomic E-state index is -3.34. The van der Waals surface area contributed by atoms with Gasteiger partial charge < -0.3 is 265 Å². The third-order valence-electron chi connectivity index (χ3n) is 23.5. The van der Waals surface area contributed by atoms with E-state index in [9.17, 15) is 182 Å². The maximum atomic E-state index is 13.3. The first kappa shape index (κ1) is 111. The summed E-state index contributed by atoms with van der Waals surface area (Å²) in [4.78, 5) is 77.0. The van der Waals surface area contributed by atoms with Crippen molar-refractivity contribution in [3.63, 3.8) is 0 Å². The van der Waals surface area contributed by atoms with Crippen LogP contribution in [-0.4, -0.2) is 567 Å². The average molecular weight is 1930 g/mol. The molecule has 0 aliphatic carbocycles. The molecule has 59 nitrogen and oxygen atoms in total. The summed E-state index contributed by atoms with van der Waals surface area (Å²) < 4.78 is 107. The molecule has 132 heavy (non-hydrogen) atoms. The number of nitrogens with one attached hydrogen (secondary N) is 5. The van der Waals surface area contributed by atoms with Gasteiger partial charge in [-0.3, -0.25) is 24.0 Å². The van der Waals surface area contributed by atoms with E-state index in [1.165, 1.54) is 0 Å². The zero-order chi connectivity index (χ0) is 98.0. The Bertz CT molecular complexity index is 3630. The molecule has 59 heteroatoms. The first-order chi connectivity index (χ1) is 62.3. The number of rotatable bonds is 40. The molecule has 0 aromatic heterocycles. The predicted molar refractivity (Wildman–Crippen MR) is 407 cm³/mol. The minimum absolute atomic E-state index is 0.842. The van der Waals surface area contributed by atoms with Gasteiger partial charge in [-0.25, -0.2) is 4.79 Å². The number of aliphatic carboxylic acids is 1. The highest BCUT2D eigenvalue weighted by molar-refractivity contribution is 5.77. The molecule has 0 radical (unpaired) electrons. The third-order valence-corrected chi connectivity index (χ3v) is 23.5. The van der Waals surface area contributed by atoms with Crippen LogP contribution in [0.1, 0.15) is 41.0 Å². The van der Waals surface area contributed by atoms with Gasteiger partial charge in [-0.15, -0.1) is 0 Å². The molecule has 9 aliphatic heterocycles. The SMILES string of the molecule is CC(=O)N[C@H]1[C@H](O[C@@H]([C@H](O)[C@H](CO)NC(C)=O)[C@H](O)CO)O[C@H](CO)[C@@H](O[C@@H]2O[C@H](CO[C@H]3O[C@H](CO)[C@@H](O)[C@H](O)[C@@H]3O[C@@H]3O[C@H](CO)[C@@H](O[C@@H]4O[C@H](CO)[C@H](O)[C@H](O)[C@H]4O)[C@H](O)[C@H]3NC(C)=O)[C@@H](O)[C@H](O[C@H]3O[C@H](CO)[C@@H](O)[C@H](O)[C@@H]3O[C@@H]3O[C@H](CO)[C@@H](O[C@@H]4O[C@H](CO)[C@H](O)[C@H](O[C@]5(C(=O)O)C[C@H](O)[C@@H](NC(C)=O)[C@H]([C@H](O)[C@H](O)CO)O5)[C@H]4O)[C@H](O)[C@H]3NC(C)=O)[C@@H]2O)[C@@H]1O. The molecule has 0 aromatic rings. The molecule has 5 amide bonds. The number of hydrogen-bond donors (Lipinski definition) is 35. The summed E-state index contributed by atoms with van der Waals surface area (Å²) in [6, 6.07) is -9.63. The van der Waals surface area contributed by atoms with E-state index in [0.717, 1.165) is 34.6 Å². The topological polar surface area (TPSA) is 936 Å². The van der Waals surface area contributed by atoms with Crippen molar-refractivity contribution in [1.29, 1.82) is 0 Å². The number of aliphatic hydroxyl groups is 29. The number of carboxylic acids is 1. The van der Waals surface area contributed by atoms with Crippen LogP contribution in [0, 0.1) is 0 Å². The van der Waals surface area contributed by atoms with Crippen molar-refractivity contribution < 1.29 is 267 Å². The fourth-order valence-corrected chi connectivity index (χ4v) is 16.6. The van der Waals surface area contributed by atoms with E-state index < -0.39 is 421 Å². The van der Waals surface area contributed by atoms with Gasteiger partial charge >= 0.3 is 5.97 Å². The van der Waals surface area contributed by atoms with E-state index in [4.69, 9.17) is 85.3 Å². The predicted octanol–water partition coefficient (Wildman–Crippen LogP) is -23.2. The summed E-state index contributed by atoms with van der Waals surface area (Å²) in [7, 11) is 0. The number of carbonyl (C=O) groups excluding carboxylic acids is 5. The van der Waals surface area contributed by atoms with Crippen molar-refractivity contribution in [3.05, 3.63) is 0 Å². The number of ether oxygens (including phenoxy) is 18. The summed E-state index contributed by atoms with van der Waals surface area (Å²) in [5.74, 6) is -10.3. The van der Waals surface area contributed by atoms with Crippen molar-refractivity contribution >= 4 is 35.5 Å². The largest absolute Gasteiger partial charge is 0.477 e. The Balaban J connectivity index is 1.06. The molecule has 9 fully saturated rings. The van der Waals surface area contributed by atoms with E-state index in [0.29, 0.717) is 0 Å². The first-order valence-electron chi connectivity index (χ1n) is 41.7. The second-order valence-corrected chi connectivity index (χ2v) is 32.9. The van der Waals surface area contributed by atoms with E-state index in [-0.39, 0.29) is 0 Å². The Labute approximate surface area is 747 Å². The van der Waals surface area contributed by atoms with Gasteiger partial charge in [0.05, 0.1) is 90.9 Å². The number of carbonyl (C=O) groups is 6. The van der Waals surface area contributed by atoms with Crippen molar-refractivity contribution in [3.8, 4) is 0 Å². The van der Waals surface area contributed by atoms with Gasteiger partial charge in [0.2, 0.25) is 29.5 Å². The van der Waals surface area contributed by atoms with Crippen LogP contribution in [0.2, 0.25) is 0 Å². The molecule has 9 aliphatic rings. The Kier molecular flexibility index (Phi) is 40.8. The van der Waals surface area contributed by atoms with Gasteiger partial charge in [0.1, 0.15) is 232 Å². The maximum absolute atomic E-state index is 13.3. The van der Waals surface area contributed by atoms with Gasteiger partial charge in [0.15, 0.2) is 50.3 Å². The van der Waals surface area contributed by atoms with E-state index in [1.807, 2.05) is 0 Å². The normalized spacial score (nSPS) is 44.7. The Morgan fingerprint density at radius 3 is 1.11 bits per heavy atom. The molecule has 9 rings (SSSR count). The standard InChI is InChI=1S/C73H123N5O54/c1-18(89)74-23(7-79)39(97)55(26(96)9-81)124-64-36(76-20(3)91)46(104)57(32(15-87)120-64)126-68-53(111)60(45(103)34(123-68)17-115-70-62(50(108)42(100)28(11-83)118-70)129-65-37(77-21(4)92)47(105)56(31(14-86)121-65)125-67-52(110)49(107)41(99)27(10-82)116-67)128-71-63(51(109)43(101)29(12-84)119-71)130-66-38(78-22(5)93)48(106)58(33(16-88)122-66)127-69-54(112)61(44(102)30(13-85)117-69)132-73(72(113)114)6-24(94)35(75-19(2)90)59(131-73)40(98)25(95)8-80/h23-71,79-88,94-112H,6-17H2,1-5H3,(H,74,89)(H,75,90)(H,76,91)(H,77,92)(H,78,93)(H,113,114)/t23-,24-,25+,26+,27+,28+,29+,30+,31+,32+,33+,34+,35+,36+,37+,38+,39+,40+,41-,42+,43+,44-,45+,46+,47+,48+,49-,50-,51-,52+,53-,54+,55+,56+,57+,58+,59+,60-,61-,62-,63-,64-,65-,66-,67-,68-,69-,70-,71+,73-/m0/s1. The Hall–Kier alpha value is -5.06. The second-order valence-electron chi connectivity index (χ2n) is 32.9. The fourth-order valence-electron chi connectivity index (χ4n) is 16.6. The smallest absolute Gasteiger partial charge is 0.364 e. The summed E-state index contributed by atoms with van der Waals surface area (Å²) in [6.07, 6.45) is -99.9. The summed E-state index contributed by atoms with van der Waals surface area (Å²) in [6.45, 7) is -8.70. The van der Waals surface area contributed by atoms with Crippen LogP contribution < -0.4 is 26.6 Å². The van der Waals surface area contributed by atoms with Crippen LogP contribution in [0.25, 0.3) is 0 Å². The highest BCUT2D eigenvalue weighted by Gasteiger charge is 2.64. The zero-order valence-electron chi connectivity index (χ0n) is 71.0. The van der Waals surface area contributed by atoms with Crippen LogP contribution >= 0.6 is 0 Å². The minimum Gasteiger partial charge on any atom is -0.477 e. The van der Waals surface area contributed by atoms with Crippen molar-refractivity contribution in [2.24, 2.45) is 0 Å². The molecule has 764 valence electrons. The van der Waals surface area contributed by atoms with Crippen LogP contribution in [0.15, 0.2) is 0 Å². The van der Waals surface area contributed by atoms with Gasteiger partial charge in [-0.1, -0.05) is 0 Å². The van der Waals surface area contributed by atoms with Crippen molar-refractivity contribution in [1.82, 2.24) is 26.6 Å². The zero-order valence-corrected chi connectivity index (χ0v) is 71.0. The van der Waals surface area contributed by atoms with Crippen LogP contribution in [-0.2, 0) is 114 Å². The lowest BCUT2D eigenvalue weighted by Gasteiger charge is -2.51. The van der Waals surface area contributed by atoms with Crippen molar-refractivity contribution in [2.75, 3.05) is 72.7 Å². The first-order valence-corrected chi connectivity index (χ1v) is 41.7. The summed E-state index contributed by atoms with van der Waals surface area (Å²) in [5.41, 5.74) is 0. The number of amides is 5. The van der Waals surface area contributed by atoms with Crippen LogP contribution in [0.4, 0.5) is 0 Å². The van der Waals surface area contributed by atoms with Gasteiger partial charge in [-0.05, 0) is 0 Å². The maximum Gasteiger partial charge on any atom is 0.364 e. The van der Waals surface area contributed by atoms with Crippen molar-refractivity contribution in [2.45, 2.75) is 347 Å². The number of carboxylic acid groups (broad SMARTS) is 1. The molecule has 0 aromatic carbocycles. The van der Waals surface area contributed by atoms with E-state index >= 15 is 0 Å². The number of hydrogen-bond acceptors (Lipinski definition) is 53. The molecule has 0 bridgehead atoms. The molecular weight excluding hydrogens is 1810 g/mol. The monoisotopic (exact) mass is 1930 g/mol. The highest BCUT2D eigenvalue weighted by Crippen LogP contribution is 2.43. The quantitative estimate of drug-likeness (QED) is 0.0271. The van der Waals surface area contributed by atoms with Gasteiger partial charge in [0, 0.05) is 41.0 Å². The van der Waals surface area contributed by atoms with Crippen LogP contribution in [0.3, 0.4) is 0 Å². The molecule has 9 heterocycles. The molecule has 0 unspecified atom stereocenters. The Morgan fingerprint density at radius 1 is 0.341 bits per heavy atom. The fraction of sp³-hybridized carbons (Fsp3) is 0.918. The van der Waals surface area contributed by atoms with Gasteiger partial charge in [0.25, 0.3) is 5.79 Å².